The highest BCUT2D eigenvalue weighted by molar-refractivity contribution is 5.91. The van der Waals surface area contributed by atoms with E-state index in [0.717, 1.165) is 0 Å². The van der Waals surface area contributed by atoms with Crippen LogP contribution in [0.1, 0.15) is 20.8 Å². The zero-order valence-electron chi connectivity index (χ0n) is 10.6. The van der Waals surface area contributed by atoms with Gasteiger partial charge in [-0.15, -0.1) is 0 Å². The number of benzene rings is 1. The van der Waals surface area contributed by atoms with Crippen LogP contribution in [0, 0.1) is 5.82 Å². The smallest absolute Gasteiger partial charge is 0.324 e. The van der Waals surface area contributed by atoms with Crippen molar-refractivity contribution in [2.45, 2.75) is 20.8 Å². The van der Waals surface area contributed by atoms with Crippen molar-refractivity contribution in [2.24, 2.45) is 0 Å². The fourth-order valence-corrected chi connectivity index (χ4v) is 1.74. The predicted molar refractivity (Wildman–Crippen MR) is 67.7 cm³/mol. The second-order valence-corrected chi connectivity index (χ2v) is 3.68. The molecule has 0 aliphatic heterocycles. The molecule has 94 valence electrons. The Morgan fingerprint density at radius 2 is 1.82 bits per heavy atom. The largest absolute Gasteiger partial charge is 0.325 e. The van der Waals surface area contributed by atoms with Crippen LogP contribution in [0.3, 0.4) is 0 Å². The van der Waals surface area contributed by atoms with Crippen molar-refractivity contribution >= 4 is 11.7 Å². The molecule has 0 radical (unpaired) electrons. The van der Waals surface area contributed by atoms with Crippen molar-refractivity contribution in [3.63, 3.8) is 0 Å². The van der Waals surface area contributed by atoms with E-state index in [1.807, 2.05) is 20.8 Å². The molecule has 2 amide bonds. The van der Waals surface area contributed by atoms with Gasteiger partial charge in [0.15, 0.2) is 0 Å². The molecule has 0 aliphatic rings. The molecule has 0 N–H and O–H groups in total. The summed E-state index contributed by atoms with van der Waals surface area (Å²) in [6.07, 6.45) is 0. The van der Waals surface area contributed by atoms with Crippen molar-refractivity contribution in [2.75, 3.05) is 24.5 Å². The van der Waals surface area contributed by atoms with Crippen LogP contribution in [-0.2, 0) is 0 Å². The highest BCUT2D eigenvalue weighted by Gasteiger charge is 2.18. The molecule has 0 spiro atoms. The van der Waals surface area contributed by atoms with Gasteiger partial charge in [-0.1, -0.05) is 6.07 Å². The molecule has 0 unspecified atom stereocenters. The Bertz CT molecular complexity index is 377. The van der Waals surface area contributed by atoms with E-state index in [-0.39, 0.29) is 11.8 Å². The number of halogens is 1. The Labute approximate surface area is 102 Å². The van der Waals surface area contributed by atoms with Gasteiger partial charge in [0.1, 0.15) is 5.82 Å². The van der Waals surface area contributed by atoms with E-state index in [1.165, 1.54) is 12.1 Å². The van der Waals surface area contributed by atoms with Crippen molar-refractivity contribution in [1.82, 2.24) is 4.90 Å². The maximum Gasteiger partial charge on any atom is 0.324 e. The molecule has 17 heavy (non-hydrogen) atoms. The van der Waals surface area contributed by atoms with Gasteiger partial charge in [-0.2, -0.15) is 0 Å². The summed E-state index contributed by atoms with van der Waals surface area (Å²) in [6, 6.07) is 6.03. The molecule has 1 aromatic rings. The minimum Gasteiger partial charge on any atom is -0.325 e. The third-order valence-corrected chi connectivity index (χ3v) is 2.70. The van der Waals surface area contributed by atoms with Crippen LogP contribution in [0.5, 0.6) is 0 Å². The van der Waals surface area contributed by atoms with Gasteiger partial charge in [0, 0.05) is 25.3 Å². The zero-order valence-corrected chi connectivity index (χ0v) is 10.6. The van der Waals surface area contributed by atoms with Crippen LogP contribution in [0.25, 0.3) is 0 Å². The van der Waals surface area contributed by atoms with E-state index < -0.39 is 0 Å². The molecule has 0 fully saturated rings. The second kappa shape index (κ2) is 6.23. The van der Waals surface area contributed by atoms with Crippen molar-refractivity contribution < 1.29 is 9.18 Å². The molecule has 0 heterocycles. The van der Waals surface area contributed by atoms with Gasteiger partial charge in [0.05, 0.1) is 0 Å². The highest BCUT2D eigenvalue weighted by atomic mass is 19.1. The molecule has 0 saturated carbocycles. The number of hydrogen-bond donors (Lipinski definition) is 0. The minimum atomic E-state index is -0.326. The van der Waals surface area contributed by atoms with Gasteiger partial charge in [-0.05, 0) is 39.0 Å². The summed E-state index contributed by atoms with van der Waals surface area (Å²) in [7, 11) is 0. The van der Waals surface area contributed by atoms with E-state index in [1.54, 1.807) is 21.9 Å². The van der Waals surface area contributed by atoms with E-state index in [9.17, 15) is 9.18 Å². The lowest BCUT2D eigenvalue weighted by Crippen LogP contribution is -2.43. The predicted octanol–water partition coefficient (Wildman–Crippen LogP) is 3.11. The first-order valence-electron chi connectivity index (χ1n) is 5.96. The normalized spacial score (nSPS) is 10.1. The van der Waals surface area contributed by atoms with Crippen molar-refractivity contribution in [1.29, 1.82) is 0 Å². The average Bonchev–Trinajstić information content (AvgIpc) is 2.31. The lowest BCUT2D eigenvalue weighted by molar-refractivity contribution is 0.210. The Morgan fingerprint density at radius 1 is 1.18 bits per heavy atom. The summed E-state index contributed by atoms with van der Waals surface area (Å²) in [5, 5.41) is 0. The molecule has 0 saturated heterocycles. The first kappa shape index (κ1) is 13.5. The number of nitrogens with zero attached hydrogens (tertiary/aromatic N) is 2. The lowest BCUT2D eigenvalue weighted by atomic mass is 10.3. The number of carbonyl (C=O) groups is 1. The lowest BCUT2D eigenvalue weighted by Gasteiger charge is -2.28. The molecular formula is C13H19FN2O. The first-order valence-corrected chi connectivity index (χ1v) is 5.96. The summed E-state index contributed by atoms with van der Waals surface area (Å²) >= 11 is 0. The third-order valence-electron chi connectivity index (χ3n) is 2.70. The minimum absolute atomic E-state index is 0.0805. The van der Waals surface area contributed by atoms with Crippen LogP contribution >= 0.6 is 0 Å². The fourth-order valence-electron chi connectivity index (χ4n) is 1.74. The van der Waals surface area contributed by atoms with E-state index >= 15 is 0 Å². The molecular weight excluding hydrogens is 219 g/mol. The summed E-state index contributed by atoms with van der Waals surface area (Å²) in [5.41, 5.74) is 0.601. The van der Waals surface area contributed by atoms with Crippen LogP contribution in [0.4, 0.5) is 14.9 Å². The van der Waals surface area contributed by atoms with Gasteiger partial charge in [0.2, 0.25) is 0 Å². The maximum absolute atomic E-state index is 13.1. The Morgan fingerprint density at radius 3 is 2.29 bits per heavy atom. The third kappa shape index (κ3) is 3.19. The highest BCUT2D eigenvalue weighted by Crippen LogP contribution is 2.17. The summed E-state index contributed by atoms with van der Waals surface area (Å²) in [6.45, 7) is 7.58. The number of hydrogen-bond acceptors (Lipinski definition) is 1. The van der Waals surface area contributed by atoms with Gasteiger partial charge in [0.25, 0.3) is 0 Å². The zero-order chi connectivity index (χ0) is 12.8. The van der Waals surface area contributed by atoms with Crippen molar-refractivity contribution in [3.8, 4) is 0 Å². The second-order valence-electron chi connectivity index (χ2n) is 3.68. The van der Waals surface area contributed by atoms with Gasteiger partial charge < -0.3 is 4.90 Å². The Hall–Kier alpha value is -1.58. The van der Waals surface area contributed by atoms with Gasteiger partial charge in [-0.3, -0.25) is 4.90 Å². The topological polar surface area (TPSA) is 23.6 Å². The van der Waals surface area contributed by atoms with Crippen LogP contribution in [-0.4, -0.2) is 30.6 Å². The SMILES string of the molecule is CCN(CC)C(=O)N(CC)c1cccc(F)c1. The molecule has 0 bridgehead atoms. The number of rotatable bonds is 4. The van der Waals surface area contributed by atoms with E-state index in [2.05, 4.69) is 0 Å². The van der Waals surface area contributed by atoms with Crippen molar-refractivity contribution in [3.05, 3.63) is 30.1 Å². The summed E-state index contributed by atoms with van der Waals surface area (Å²) in [4.78, 5) is 15.5. The van der Waals surface area contributed by atoms with Gasteiger partial charge >= 0.3 is 6.03 Å². The molecule has 0 atom stereocenters. The number of urea groups is 1. The van der Waals surface area contributed by atoms with Crippen LogP contribution in [0.2, 0.25) is 0 Å². The number of anilines is 1. The number of carbonyl (C=O) groups excluding carboxylic acids is 1. The van der Waals surface area contributed by atoms with E-state index in [4.69, 9.17) is 0 Å². The molecule has 4 heteroatoms. The molecule has 1 aromatic carbocycles. The van der Waals surface area contributed by atoms with Gasteiger partial charge in [-0.25, -0.2) is 9.18 Å². The number of amides is 2. The summed E-state index contributed by atoms with van der Waals surface area (Å²) < 4.78 is 13.1. The quantitative estimate of drug-likeness (QED) is 0.790. The Balaban J connectivity index is 2.95. The fraction of sp³-hybridized carbons (Fsp3) is 0.462. The summed E-state index contributed by atoms with van der Waals surface area (Å²) in [5.74, 6) is -0.326. The molecule has 0 aromatic heterocycles. The molecule has 0 aliphatic carbocycles. The molecule has 1 rings (SSSR count). The first-order chi connectivity index (χ1) is 8.13. The van der Waals surface area contributed by atoms with E-state index in [0.29, 0.717) is 25.3 Å². The van der Waals surface area contributed by atoms with Crippen LogP contribution in [0.15, 0.2) is 24.3 Å². The monoisotopic (exact) mass is 238 g/mol. The molecule has 3 nitrogen and oxygen atoms in total. The maximum atomic E-state index is 13.1. The standard InChI is InChI=1S/C13H19FN2O/c1-4-15(5-2)13(17)16(6-3)12-9-7-8-11(14)10-12/h7-10H,4-6H2,1-3H3. The van der Waals surface area contributed by atoms with Crippen LogP contribution < -0.4 is 4.90 Å². The Kier molecular flexibility index (Phi) is 4.94. The average molecular weight is 238 g/mol.